The van der Waals surface area contributed by atoms with Crippen LogP contribution in [0.2, 0.25) is 0 Å². The van der Waals surface area contributed by atoms with Gasteiger partial charge < -0.3 is 10.1 Å². The van der Waals surface area contributed by atoms with Gasteiger partial charge in [0, 0.05) is 12.3 Å². The van der Waals surface area contributed by atoms with Gasteiger partial charge in [-0.2, -0.15) is 0 Å². The molecule has 0 spiro atoms. The van der Waals surface area contributed by atoms with Crippen molar-refractivity contribution >= 4 is 11.8 Å². The highest BCUT2D eigenvalue weighted by atomic mass is 19.1. The van der Waals surface area contributed by atoms with Gasteiger partial charge in [-0.05, 0) is 36.2 Å². The summed E-state index contributed by atoms with van der Waals surface area (Å²) in [6.07, 6.45) is 1.02. The van der Waals surface area contributed by atoms with Crippen LogP contribution < -0.4 is 5.32 Å². The Balaban J connectivity index is 1.73. The number of halogens is 1. The maximum atomic E-state index is 14.0. The Labute approximate surface area is 146 Å². The number of benzene rings is 2. The first-order valence-electron chi connectivity index (χ1n) is 8.28. The number of ether oxygens (including phenoxy) is 1. The highest BCUT2D eigenvalue weighted by Gasteiger charge is 2.33. The van der Waals surface area contributed by atoms with E-state index >= 15 is 0 Å². The normalized spacial score (nSPS) is 19.6. The van der Waals surface area contributed by atoms with Crippen molar-refractivity contribution in [3.63, 3.8) is 0 Å². The van der Waals surface area contributed by atoms with E-state index in [1.54, 1.807) is 6.07 Å². The van der Waals surface area contributed by atoms with E-state index in [2.05, 4.69) is 10.1 Å². The van der Waals surface area contributed by atoms with Crippen LogP contribution in [-0.2, 0) is 16.0 Å². The molecule has 1 aliphatic heterocycles. The molecule has 0 bridgehead atoms. The largest absolute Gasteiger partial charge is 0.465 e. The van der Waals surface area contributed by atoms with Crippen molar-refractivity contribution in [2.75, 3.05) is 13.7 Å². The van der Waals surface area contributed by atoms with Gasteiger partial charge in [-0.25, -0.2) is 9.18 Å². The van der Waals surface area contributed by atoms with Gasteiger partial charge in [0.15, 0.2) is 5.78 Å². The van der Waals surface area contributed by atoms with E-state index in [9.17, 15) is 14.0 Å². The second-order valence-corrected chi connectivity index (χ2v) is 6.19. The number of hydrogen-bond donors (Lipinski definition) is 1. The summed E-state index contributed by atoms with van der Waals surface area (Å²) in [6.45, 7) is 0.783. The zero-order valence-electron chi connectivity index (χ0n) is 14.0. The van der Waals surface area contributed by atoms with Crippen molar-refractivity contribution in [2.45, 2.75) is 24.8 Å². The molecule has 1 aliphatic rings. The van der Waals surface area contributed by atoms with Crippen LogP contribution >= 0.6 is 0 Å². The fraction of sp³-hybridized carbons (Fsp3) is 0.300. The lowest BCUT2D eigenvalue weighted by Crippen LogP contribution is -2.35. The molecule has 5 heteroatoms. The average Bonchev–Trinajstić information content (AvgIpc) is 3.12. The molecule has 1 fully saturated rings. The first kappa shape index (κ1) is 17.3. The van der Waals surface area contributed by atoms with E-state index in [4.69, 9.17) is 0 Å². The third kappa shape index (κ3) is 3.77. The molecule has 0 aromatic heterocycles. The fourth-order valence-corrected chi connectivity index (χ4v) is 3.36. The van der Waals surface area contributed by atoms with Gasteiger partial charge in [0.05, 0.1) is 18.7 Å². The summed E-state index contributed by atoms with van der Waals surface area (Å²) in [6, 6.07) is 13.9. The molecule has 25 heavy (non-hydrogen) atoms. The lowest BCUT2D eigenvalue weighted by Gasteiger charge is -2.19. The molecule has 1 saturated heterocycles. The molecule has 0 amide bonds. The molecule has 1 heterocycles. The number of rotatable bonds is 5. The first-order valence-corrected chi connectivity index (χ1v) is 8.28. The molecule has 0 saturated carbocycles. The lowest BCUT2D eigenvalue weighted by molar-refractivity contribution is -0.120. The third-order valence-corrected chi connectivity index (χ3v) is 4.61. The maximum absolute atomic E-state index is 14.0. The van der Waals surface area contributed by atoms with Crippen molar-refractivity contribution < 1.29 is 18.7 Å². The average molecular weight is 341 g/mol. The van der Waals surface area contributed by atoms with E-state index < -0.39 is 11.8 Å². The van der Waals surface area contributed by atoms with Crippen LogP contribution in [0.4, 0.5) is 4.39 Å². The standard InChI is InChI=1S/C20H20FNO3/c1-25-20(24)16-8-7-13(11-17(16)21)12-18(23)19-15(9-10-22-19)14-5-3-2-4-6-14/h2-8,11,15,19,22H,9-10,12H2,1H3/t15-,19-/m0/s1. The third-order valence-electron chi connectivity index (χ3n) is 4.61. The van der Waals surface area contributed by atoms with E-state index in [1.165, 1.54) is 19.2 Å². The summed E-state index contributed by atoms with van der Waals surface area (Å²) >= 11 is 0. The topological polar surface area (TPSA) is 55.4 Å². The highest BCUT2D eigenvalue weighted by Crippen LogP contribution is 2.28. The lowest BCUT2D eigenvalue weighted by atomic mass is 9.88. The zero-order valence-corrected chi connectivity index (χ0v) is 14.0. The monoisotopic (exact) mass is 341 g/mol. The van der Waals surface area contributed by atoms with Gasteiger partial charge in [-0.3, -0.25) is 4.79 Å². The number of nitrogens with one attached hydrogen (secondary N) is 1. The molecule has 2 aromatic carbocycles. The minimum absolute atomic E-state index is 0.0246. The zero-order chi connectivity index (χ0) is 17.8. The Morgan fingerprint density at radius 2 is 1.96 bits per heavy atom. The number of hydrogen-bond acceptors (Lipinski definition) is 4. The molecule has 130 valence electrons. The number of carbonyl (C=O) groups is 2. The van der Waals surface area contributed by atoms with E-state index in [0.29, 0.717) is 5.56 Å². The maximum Gasteiger partial charge on any atom is 0.340 e. The summed E-state index contributed by atoms with van der Waals surface area (Å²) in [5, 5.41) is 3.26. The summed E-state index contributed by atoms with van der Waals surface area (Å²) in [5.41, 5.74) is 1.56. The van der Waals surface area contributed by atoms with Crippen LogP contribution in [0.5, 0.6) is 0 Å². The van der Waals surface area contributed by atoms with Crippen molar-refractivity contribution in [1.29, 1.82) is 0 Å². The molecule has 0 unspecified atom stereocenters. The summed E-state index contributed by atoms with van der Waals surface area (Å²) in [4.78, 5) is 24.1. The second-order valence-electron chi connectivity index (χ2n) is 6.19. The van der Waals surface area contributed by atoms with Crippen LogP contribution in [0.15, 0.2) is 48.5 Å². The van der Waals surface area contributed by atoms with Gasteiger partial charge in [0.25, 0.3) is 0 Å². The number of methoxy groups -OCH3 is 1. The Morgan fingerprint density at radius 3 is 2.64 bits per heavy atom. The molecule has 4 nitrogen and oxygen atoms in total. The van der Waals surface area contributed by atoms with Crippen molar-refractivity contribution in [3.05, 3.63) is 71.0 Å². The van der Waals surface area contributed by atoms with Gasteiger partial charge >= 0.3 is 5.97 Å². The van der Waals surface area contributed by atoms with Gasteiger partial charge in [0.2, 0.25) is 0 Å². The predicted octanol–water partition coefficient (Wildman–Crippen LogP) is 2.87. The van der Waals surface area contributed by atoms with Crippen molar-refractivity contribution in [3.8, 4) is 0 Å². The Hall–Kier alpha value is -2.53. The number of esters is 1. The van der Waals surface area contributed by atoms with E-state index in [1.807, 2.05) is 30.3 Å². The number of Topliss-reactive ketones (excluding diaryl/α,β-unsaturated/α-hetero) is 1. The fourth-order valence-electron chi connectivity index (χ4n) is 3.36. The molecule has 2 atom stereocenters. The Morgan fingerprint density at radius 1 is 1.20 bits per heavy atom. The Bertz CT molecular complexity index is 776. The second kappa shape index (κ2) is 7.57. The highest BCUT2D eigenvalue weighted by molar-refractivity contribution is 5.90. The summed E-state index contributed by atoms with van der Waals surface area (Å²) in [5.74, 6) is -1.24. The predicted molar refractivity (Wildman–Crippen MR) is 92.0 cm³/mol. The van der Waals surface area contributed by atoms with E-state index in [0.717, 1.165) is 18.5 Å². The molecular weight excluding hydrogens is 321 g/mol. The molecular formula is C20H20FNO3. The molecule has 0 aliphatic carbocycles. The molecule has 1 N–H and O–H groups in total. The summed E-state index contributed by atoms with van der Waals surface area (Å²) < 4.78 is 18.6. The molecule has 2 aromatic rings. The smallest absolute Gasteiger partial charge is 0.340 e. The SMILES string of the molecule is COC(=O)c1ccc(CC(=O)[C@H]2NCC[C@H]2c2ccccc2)cc1F. The van der Waals surface area contributed by atoms with Gasteiger partial charge in [-0.1, -0.05) is 36.4 Å². The quantitative estimate of drug-likeness (QED) is 0.850. The van der Waals surface area contributed by atoms with Crippen LogP contribution in [0, 0.1) is 5.82 Å². The Kier molecular flexibility index (Phi) is 5.24. The number of carbonyl (C=O) groups excluding carboxylic acids is 2. The van der Waals surface area contributed by atoms with Crippen molar-refractivity contribution in [1.82, 2.24) is 5.32 Å². The minimum Gasteiger partial charge on any atom is -0.465 e. The van der Waals surface area contributed by atoms with Gasteiger partial charge in [0.1, 0.15) is 5.82 Å². The van der Waals surface area contributed by atoms with Crippen LogP contribution in [0.25, 0.3) is 0 Å². The van der Waals surface area contributed by atoms with Crippen LogP contribution in [0.3, 0.4) is 0 Å². The van der Waals surface area contributed by atoms with Crippen LogP contribution in [0.1, 0.15) is 33.8 Å². The molecule has 0 radical (unpaired) electrons. The molecule has 3 rings (SSSR count). The van der Waals surface area contributed by atoms with Crippen molar-refractivity contribution in [2.24, 2.45) is 0 Å². The van der Waals surface area contributed by atoms with E-state index in [-0.39, 0.29) is 29.7 Å². The number of ketones is 1. The first-order chi connectivity index (χ1) is 12.1. The van der Waals surface area contributed by atoms with Crippen LogP contribution in [-0.4, -0.2) is 31.4 Å². The van der Waals surface area contributed by atoms with Gasteiger partial charge in [-0.15, -0.1) is 0 Å². The minimum atomic E-state index is -0.725. The summed E-state index contributed by atoms with van der Waals surface area (Å²) in [7, 11) is 1.20.